The van der Waals surface area contributed by atoms with Crippen LogP contribution in [0.15, 0.2) is 48.8 Å². The lowest BCUT2D eigenvalue weighted by Crippen LogP contribution is -2.37. The first-order chi connectivity index (χ1) is 12.7. The summed E-state index contributed by atoms with van der Waals surface area (Å²) < 4.78 is 0. The second-order valence-corrected chi connectivity index (χ2v) is 6.57. The van der Waals surface area contributed by atoms with E-state index in [-0.39, 0.29) is 5.91 Å². The molecule has 1 aliphatic heterocycles. The number of carbonyl (C=O) groups excluding carboxylic acids is 1. The van der Waals surface area contributed by atoms with E-state index in [9.17, 15) is 4.79 Å². The predicted molar refractivity (Wildman–Crippen MR) is 102 cm³/mol. The molecule has 0 unspecified atom stereocenters. The van der Waals surface area contributed by atoms with Crippen LogP contribution in [0.5, 0.6) is 0 Å². The van der Waals surface area contributed by atoms with E-state index in [2.05, 4.69) is 9.97 Å². The molecule has 6 nitrogen and oxygen atoms in total. The molecule has 4 rings (SSSR count). The number of aromatic nitrogens is 3. The lowest BCUT2D eigenvalue weighted by Gasteiger charge is -2.23. The van der Waals surface area contributed by atoms with Crippen molar-refractivity contribution in [1.82, 2.24) is 19.9 Å². The van der Waals surface area contributed by atoms with Crippen molar-refractivity contribution in [2.75, 3.05) is 31.6 Å². The van der Waals surface area contributed by atoms with Gasteiger partial charge in [-0.2, -0.15) is 0 Å². The van der Waals surface area contributed by atoms with Crippen LogP contribution in [0.25, 0.3) is 22.3 Å². The summed E-state index contributed by atoms with van der Waals surface area (Å²) in [5.41, 5.74) is 1.72. The van der Waals surface area contributed by atoms with Crippen molar-refractivity contribution in [2.45, 2.75) is 12.8 Å². The van der Waals surface area contributed by atoms with Crippen LogP contribution in [0, 0.1) is 0 Å². The second kappa shape index (κ2) is 7.07. The summed E-state index contributed by atoms with van der Waals surface area (Å²) in [6.45, 7) is 2.03. The largest absolute Gasteiger partial charge is 0.350 e. The summed E-state index contributed by atoms with van der Waals surface area (Å²) >= 11 is 0. The van der Waals surface area contributed by atoms with Gasteiger partial charge in [-0.05, 0) is 37.1 Å². The fraction of sp³-hybridized carbons (Fsp3) is 0.300. The van der Waals surface area contributed by atoms with Gasteiger partial charge < -0.3 is 9.80 Å². The molecule has 1 fully saturated rings. The van der Waals surface area contributed by atoms with Crippen LogP contribution in [-0.2, 0) is 4.79 Å². The maximum Gasteiger partial charge on any atom is 0.242 e. The molecule has 0 N–H and O–H groups in total. The van der Waals surface area contributed by atoms with Gasteiger partial charge in [-0.3, -0.25) is 9.78 Å². The van der Waals surface area contributed by atoms with E-state index >= 15 is 0 Å². The molecule has 1 amide bonds. The van der Waals surface area contributed by atoms with Crippen molar-refractivity contribution >= 4 is 22.6 Å². The molecular formula is C20H21N5O. The molecule has 26 heavy (non-hydrogen) atoms. The van der Waals surface area contributed by atoms with Crippen LogP contribution in [0.1, 0.15) is 12.8 Å². The van der Waals surface area contributed by atoms with Crippen LogP contribution < -0.4 is 4.90 Å². The predicted octanol–water partition coefficient (Wildman–Crippen LogP) is 2.75. The van der Waals surface area contributed by atoms with Gasteiger partial charge in [0.15, 0.2) is 5.82 Å². The summed E-state index contributed by atoms with van der Waals surface area (Å²) in [7, 11) is 1.91. The third-order valence-electron chi connectivity index (χ3n) is 4.70. The van der Waals surface area contributed by atoms with Crippen molar-refractivity contribution in [2.24, 2.45) is 0 Å². The van der Waals surface area contributed by atoms with E-state index in [4.69, 9.17) is 4.98 Å². The Bertz CT molecular complexity index is 922. The van der Waals surface area contributed by atoms with Gasteiger partial charge in [-0.1, -0.05) is 12.1 Å². The van der Waals surface area contributed by atoms with Crippen molar-refractivity contribution in [3.05, 3.63) is 48.8 Å². The van der Waals surface area contributed by atoms with Crippen molar-refractivity contribution in [3.63, 3.8) is 0 Å². The number of para-hydroxylation sites is 1. The highest BCUT2D eigenvalue weighted by atomic mass is 16.2. The van der Waals surface area contributed by atoms with E-state index in [1.54, 1.807) is 12.4 Å². The first-order valence-corrected chi connectivity index (χ1v) is 8.88. The molecule has 3 aromatic rings. The van der Waals surface area contributed by atoms with E-state index in [0.717, 1.165) is 48.2 Å². The summed E-state index contributed by atoms with van der Waals surface area (Å²) in [6, 6.07) is 11.7. The van der Waals surface area contributed by atoms with Gasteiger partial charge in [0, 0.05) is 43.5 Å². The molecular weight excluding hydrogens is 326 g/mol. The van der Waals surface area contributed by atoms with Gasteiger partial charge >= 0.3 is 0 Å². The van der Waals surface area contributed by atoms with Crippen LogP contribution in [-0.4, -0.2) is 52.4 Å². The summed E-state index contributed by atoms with van der Waals surface area (Å²) in [4.78, 5) is 30.0. The number of likely N-dealkylation sites (tertiary alicyclic amines) is 1. The van der Waals surface area contributed by atoms with E-state index in [1.807, 2.05) is 53.2 Å². The maximum atomic E-state index is 12.6. The van der Waals surface area contributed by atoms with Gasteiger partial charge in [0.1, 0.15) is 5.82 Å². The first-order valence-electron chi connectivity index (χ1n) is 8.88. The van der Waals surface area contributed by atoms with Crippen LogP contribution in [0.3, 0.4) is 0 Å². The molecule has 3 heterocycles. The monoisotopic (exact) mass is 347 g/mol. The zero-order valence-electron chi connectivity index (χ0n) is 14.8. The SMILES string of the molecule is CN(CC(=O)N1CCCC1)c1nc(-c2cccnc2)nc2ccccc12. The quantitative estimate of drug-likeness (QED) is 0.726. The second-order valence-electron chi connectivity index (χ2n) is 6.57. The molecule has 1 saturated heterocycles. The molecule has 0 atom stereocenters. The lowest BCUT2D eigenvalue weighted by molar-refractivity contribution is -0.128. The Labute approximate surface area is 152 Å². The average Bonchev–Trinajstić information content (AvgIpc) is 3.23. The normalized spacial score (nSPS) is 14.0. The van der Waals surface area contributed by atoms with Crippen molar-refractivity contribution < 1.29 is 4.79 Å². The number of hydrogen-bond acceptors (Lipinski definition) is 5. The summed E-state index contributed by atoms with van der Waals surface area (Å²) in [5.74, 6) is 1.53. The zero-order chi connectivity index (χ0) is 17.9. The fourth-order valence-corrected chi connectivity index (χ4v) is 3.32. The van der Waals surface area contributed by atoms with Crippen LogP contribution in [0.2, 0.25) is 0 Å². The van der Waals surface area contributed by atoms with Crippen molar-refractivity contribution in [3.8, 4) is 11.4 Å². The molecule has 1 aromatic carbocycles. The molecule has 6 heteroatoms. The zero-order valence-corrected chi connectivity index (χ0v) is 14.8. The number of hydrogen-bond donors (Lipinski definition) is 0. The molecule has 0 bridgehead atoms. The number of rotatable bonds is 4. The standard InChI is InChI=1S/C20H21N5O/c1-24(14-18(26)25-11-4-5-12-25)20-16-8-2-3-9-17(16)22-19(23-20)15-7-6-10-21-13-15/h2-3,6-10,13H,4-5,11-12,14H2,1H3. The first kappa shape index (κ1) is 16.4. The minimum Gasteiger partial charge on any atom is -0.350 e. The Kier molecular flexibility index (Phi) is 4.48. The van der Waals surface area contributed by atoms with E-state index in [1.165, 1.54) is 0 Å². The number of anilines is 1. The van der Waals surface area contributed by atoms with Gasteiger partial charge in [0.25, 0.3) is 0 Å². The minimum atomic E-state index is 0.149. The van der Waals surface area contributed by atoms with Crippen LogP contribution >= 0.6 is 0 Å². The molecule has 0 aliphatic carbocycles. The Morgan fingerprint density at radius 3 is 2.69 bits per heavy atom. The van der Waals surface area contributed by atoms with Gasteiger partial charge in [0.2, 0.25) is 5.91 Å². The van der Waals surface area contributed by atoms with E-state index < -0.39 is 0 Å². The minimum absolute atomic E-state index is 0.149. The molecule has 0 radical (unpaired) electrons. The highest BCUT2D eigenvalue weighted by Gasteiger charge is 2.21. The van der Waals surface area contributed by atoms with Gasteiger partial charge in [-0.25, -0.2) is 9.97 Å². The highest BCUT2D eigenvalue weighted by molar-refractivity contribution is 5.92. The summed E-state index contributed by atoms with van der Waals surface area (Å²) in [5, 5.41) is 0.942. The third kappa shape index (κ3) is 3.22. The number of fused-ring (bicyclic) bond motifs is 1. The Hall–Kier alpha value is -3.02. The Balaban J connectivity index is 1.71. The maximum absolute atomic E-state index is 12.6. The number of likely N-dealkylation sites (N-methyl/N-ethyl adjacent to an activating group) is 1. The average molecular weight is 347 g/mol. The Morgan fingerprint density at radius 2 is 1.92 bits per heavy atom. The molecule has 1 aliphatic rings. The number of benzene rings is 1. The molecule has 0 saturated carbocycles. The molecule has 2 aromatic heterocycles. The number of amides is 1. The molecule has 132 valence electrons. The van der Waals surface area contributed by atoms with Gasteiger partial charge in [0.05, 0.1) is 12.1 Å². The van der Waals surface area contributed by atoms with Crippen LogP contribution in [0.4, 0.5) is 5.82 Å². The highest BCUT2D eigenvalue weighted by Crippen LogP contribution is 2.26. The van der Waals surface area contributed by atoms with E-state index in [0.29, 0.717) is 12.4 Å². The third-order valence-corrected chi connectivity index (χ3v) is 4.70. The Morgan fingerprint density at radius 1 is 1.12 bits per heavy atom. The number of pyridine rings is 1. The van der Waals surface area contributed by atoms with Crippen molar-refractivity contribution in [1.29, 1.82) is 0 Å². The van der Waals surface area contributed by atoms with Gasteiger partial charge in [-0.15, -0.1) is 0 Å². The topological polar surface area (TPSA) is 62.2 Å². The fourth-order valence-electron chi connectivity index (χ4n) is 3.32. The number of nitrogens with zero attached hydrogens (tertiary/aromatic N) is 5. The molecule has 0 spiro atoms. The smallest absolute Gasteiger partial charge is 0.242 e. The lowest BCUT2D eigenvalue weighted by atomic mass is 10.2. The number of carbonyl (C=O) groups is 1. The summed E-state index contributed by atoms with van der Waals surface area (Å²) in [6.07, 6.45) is 5.67.